The van der Waals surface area contributed by atoms with Crippen LogP contribution in [-0.2, 0) is 10.2 Å². The largest absolute Gasteiger partial charge is 0.336 e. The van der Waals surface area contributed by atoms with E-state index in [0.29, 0.717) is 43.1 Å². The summed E-state index contributed by atoms with van der Waals surface area (Å²) >= 11 is 0. The minimum absolute atomic E-state index is 0.169. The molecule has 1 aromatic heterocycles. The smallest absolute Gasteiger partial charge is 0.282 e. The molecule has 0 unspecified atom stereocenters. The van der Waals surface area contributed by atoms with Gasteiger partial charge in [-0.25, -0.2) is 9.07 Å². The van der Waals surface area contributed by atoms with Gasteiger partial charge in [-0.2, -0.15) is 22.1 Å². The average molecular weight is 450 g/mol. The van der Waals surface area contributed by atoms with Gasteiger partial charge in [0.05, 0.1) is 23.1 Å². The maximum Gasteiger partial charge on any atom is 0.282 e. The Kier molecular flexibility index (Phi) is 6.40. The molecule has 1 aromatic carbocycles. The zero-order valence-corrected chi connectivity index (χ0v) is 18.5. The Morgan fingerprint density at radius 1 is 0.903 bits per heavy atom. The first kappa shape index (κ1) is 21.9. The predicted molar refractivity (Wildman–Crippen MR) is 115 cm³/mol. The maximum atomic E-state index is 13.2. The monoisotopic (exact) mass is 449 g/mol. The van der Waals surface area contributed by atoms with Crippen LogP contribution in [0, 0.1) is 12.7 Å². The van der Waals surface area contributed by atoms with Crippen LogP contribution in [0.15, 0.2) is 30.5 Å². The van der Waals surface area contributed by atoms with Gasteiger partial charge in [-0.05, 0) is 44.0 Å². The second-order valence-corrected chi connectivity index (χ2v) is 9.97. The number of benzene rings is 1. The fraction of sp³-hybridized carbons (Fsp3) is 0.524. The topological polar surface area (TPSA) is 78.8 Å². The molecule has 0 N–H and O–H groups in total. The molecule has 31 heavy (non-hydrogen) atoms. The third-order valence-corrected chi connectivity index (χ3v) is 8.09. The van der Waals surface area contributed by atoms with E-state index in [2.05, 4.69) is 5.10 Å². The molecular formula is C21H28FN5O3S. The highest BCUT2D eigenvalue weighted by atomic mass is 32.2. The fourth-order valence-corrected chi connectivity index (χ4v) is 5.86. The first-order chi connectivity index (χ1) is 14.9. The normalized spacial score (nSPS) is 19.4. The number of hydrogen-bond donors (Lipinski definition) is 0. The van der Waals surface area contributed by atoms with Gasteiger partial charge < -0.3 is 4.90 Å². The van der Waals surface area contributed by atoms with Crippen LogP contribution in [0.2, 0.25) is 0 Å². The highest BCUT2D eigenvalue weighted by Crippen LogP contribution is 2.20. The third kappa shape index (κ3) is 4.51. The van der Waals surface area contributed by atoms with E-state index in [1.54, 1.807) is 32.9 Å². The molecule has 0 bridgehead atoms. The van der Waals surface area contributed by atoms with E-state index in [1.807, 2.05) is 0 Å². The molecule has 10 heteroatoms. The van der Waals surface area contributed by atoms with Crippen LogP contribution in [-0.4, -0.2) is 76.9 Å². The van der Waals surface area contributed by atoms with Crippen molar-refractivity contribution >= 4 is 16.1 Å². The SMILES string of the molecule is Cc1c(C(=O)N2CCN(S(=O)(=O)N3CCCCCC3)CC2)cnn1-c1ccc(F)cc1. The number of rotatable bonds is 4. The van der Waals surface area contributed by atoms with Crippen LogP contribution < -0.4 is 0 Å². The standard InChI is InChI=1S/C21H28FN5O3S/c1-17-20(16-23-27(17)19-8-6-18(22)7-9-19)21(28)24-12-14-26(15-13-24)31(29,30)25-10-4-2-3-5-11-25/h6-9,16H,2-5,10-15H2,1H3. The number of hydrogen-bond acceptors (Lipinski definition) is 4. The maximum absolute atomic E-state index is 13.2. The van der Waals surface area contributed by atoms with Gasteiger partial charge in [-0.3, -0.25) is 4.79 Å². The van der Waals surface area contributed by atoms with Gasteiger partial charge in [0.25, 0.3) is 16.1 Å². The zero-order valence-electron chi connectivity index (χ0n) is 17.7. The van der Waals surface area contributed by atoms with Crippen molar-refractivity contribution in [3.63, 3.8) is 0 Å². The zero-order chi connectivity index (χ0) is 22.0. The molecule has 2 saturated heterocycles. The number of nitrogens with zero attached hydrogens (tertiary/aromatic N) is 5. The highest BCUT2D eigenvalue weighted by Gasteiger charge is 2.34. The lowest BCUT2D eigenvalue weighted by Gasteiger charge is -2.36. The molecule has 0 spiro atoms. The average Bonchev–Trinajstić information content (AvgIpc) is 2.97. The number of aromatic nitrogens is 2. The van der Waals surface area contributed by atoms with E-state index in [9.17, 15) is 17.6 Å². The van der Waals surface area contributed by atoms with Crippen molar-refractivity contribution in [3.8, 4) is 5.69 Å². The molecular weight excluding hydrogens is 421 g/mol. The Balaban J connectivity index is 1.42. The Morgan fingerprint density at radius 3 is 2.10 bits per heavy atom. The van der Waals surface area contributed by atoms with Crippen molar-refractivity contribution in [2.45, 2.75) is 32.6 Å². The minimum atomic E-state index is -3.48. The summed E-state index contributed by atoms with van der Waals surface area (Å²) in [5.41, 5.74) is 1.80. The van der Waals surface area contributed by atoms with E-state index in [-0.39, 0.29) is 24.8 Å². The molecule has 4 rings (SSSR count). The van der Waals surface area contributed by atoms with Gasteiger partial charge in [0.1, 0.15) is 5.82 Å². The molecule has 2 aromatic rings. The summed E-state index contributed by atoms with van der Waals surface area (Å²) in [6.45, 7) is 4.20. The van der Waals surface area contributed by atoms with Crippen LogP contribution in [0.25, 0.3) is 5.69 Å². The Hall–Kier alpha value is -2.30. The van der Waals surface area contributed by atoms with Gasteiger partial charge in [0.2, 0.25) is 0 Å². The van der Waals surface area contributed by atoms with Crippen LogP contribution in [0.5, 0.6) is 0 Å². The second-order valence-electron chi connectivity index (χ2n) is 8.04. The number of piperazine rings is 1. The van der Waals surface area contributed by atoms with E-state index in [0.717, 1.165) is 25.7 Å². The Labute approximate surface area is 182 Å². The van der Waals surface area contributed by atoms with Gasteiger partial charge in [0, 0.05) is 39.3 Å². The van der Waals surface area contributed by atoms with Gasteiger partial charge in [0.15, 0.2) is 0 Å². The molecule has 2 fully saturated rings. The lowest BCUT2D eigenvalue weighted by molar-refractivity contribution is 0.0693. The van der Waals surface area contributed by atoms with E-state index >= 15 is 0 Å². The van der Waals surface area contributed by atoms with Crippen LogP contribution in [0.4, 0.5) is 4.39 Å². The van der Waals surface area contributed by atoms with Crippen LogP contribution in [0.3, 0.4) is 0 Å². The molecule has 2 aliphatic heterocycles. The lowest BCUT2D eigenvalue weighted by atomic mass is 10.2. The van der Waals surface area contributed by atoms with Crippen molar-refractivity contribution in [2.75, 3.05) is 39.3 Å². The first-order valence-corrected chi connectivity index (χ1v) is 12.1. The van der Waals surface area contributed by atoms with E-state index in [4.69, 9.17) is 0 Å². The van der Waals surface area contributed by atoms with Gasteiger partial charge >= 0.3 is 0 Å². The summed E-state index contributed by atoms with van der Waals surface area (Å²) < 4.78 is 43.9. The lowest BCUT2D eigenvalue weighted by Crippen LogP contribution is -2.54. The van der Waals surface area contributed by atoms with Crippen molar-refractivity contribution < 1.29 is 17.6 Å². The quantitative estimate of drug-likeness (QED) is 0.717. The van der Waals surface area contributed by atoms with Crippen LogP contribution in [0.1, 0.15) is 41.7 Å². The van der Waals surface area contributed by atoms with E-state index in [1.165, 1.54) is 22.6 Å². The second kappa shape index (κ2) is 9.05. The minimum Gasteiger partial charge on any atom is -0.336 e. The molecule has 3 heterocycles. The van der Waals surface area contributed by atoms with Gasteiger partial charge in [-0.15, -0.1) is 0 Å². The third-order valence-electron chi connectivity index (χ3n) is 6.05. The van der Waals surface area contributed by atoms with Crippen molar-refractivity contribution in [3.05, 3.63) is 47.5 Å². The number of carbonyl (C=O) groups is 1. The van der Waals surface area contributed by atoms with Crippen molar-refractivity contribution in [1.29, 1.82) is 0 Å². The molecule has 2 aliphatic rings. The number of carbonyl (C=O) groups excluding carboxylic acids is 1. The summed E-state index contributed by atoms with van der Waals surface area (Å²) in [4.78, 5) is 14.7. The van der Waals surface area contributed by atoms with E-state index < -0.39 is 10.2 Å². The number of amides is 1. The summed E-state index contributed by atoms with van der Waals surface area (Å²) in [5.74, 6) is -0.504. The van der Waals surface area contributed by atoms with Crippen molar-refractivity contribution in [1.82, 2.24) is 23.3 Å². The number of halogens is 1. The molecule has 1 amide bonds. The summed E-state index contributed by atoms with van der Waals surface area (Å²) in [7, 11) is -3.48. The van der Waals surface area contributed by atoms with Gasteiger partial charge in [-0.1, -0.05) is 12.8 Å². The summed E-state index contributed by atoms with van der Waals surface area (Å²) in [6, 6.07) is 5.91. The molecule has 168 valence electrons. The Bertz CT molecular complexity index is 1020. The highest BCUT2D eigenvalue weighted by molar-refractivity contribution is 7.86. The summed E-state index contributed by atoms with van der Waals surface area (Å²) in [6.07, 6.45) is 5.45. The Morgan fingerprint density at radius 2 is 1.48 bits per heavy atom. The molecule has 0 atom stereocenters. The van der Waals surface area contributed by atoms with Crippen molar-refractivity contribution in [2.24, 2.45) is 0 Å². The fourth-order valence-electron chi connectivity index (χ4n) is 4.19. The summed E-state index contributed by atoms with van der Waals surface area (Å²) in [5, 5.41) is 4.29. The molecule has 8 nitrogen and oxygen atoms in total. The first-order valence-electron chi connectivity index (χ1n) is 10.7. The predicted octanol–water partition coefficient (Wildman–Crippen LogP) is 2.20. The molecule has 0 saturated carbocycles. The molecule has 0 aliphatic carbocycles. The van der Waals surface area contributed by atoms with Crippen LogP contribution >= 0.6 is 0 Å². The molecule has 0 radical (unpaired) electrons.